The Morgan fingerprint density at radius 1 is 1.00 bits per heavy atom. The van der Waals surface area contributed by atoms with Gasteiger partial charge in [-0.1, -0.05) is 19.3 Å². The van der Waals surface area contributed by atoms with E-state index in [0.717, 1.165) is 6.04 Å². The Morgan fingerprint density at radius 2 is 1.87 bits per heavy atom. The van der Waals surface area contributed by atoms with E-state index in [-0.39, 0.29) is 0 Å². The van der Waals surface area contributed by atoms with Crippen molar-refractivity contribution < 1.29 is 0 Å². The third-order valence-electron chi connectivity index (χ3n) is 4.88. The molecule has 1 atom stereocenters. The van der Waals surface area contributed by atoms with Crippen LogP contribution in [0.5, 0.6) is 0 Å². The van der Waals surface area contributed by atoms with Crippen LogP contribution in [0.25, 0.3) is 0 Å². The second kappa shape index (κ2) is 4.06. The molecular formula is C13H24N2. The van der Waals surface area contributed by atoms with Gasteiger partial charge in [0.15, 0.2) is 0 Å². The first-order chi connectivity index (χ1) is 7.41. The molecule has 1 aliphatic carbocycles. The van der Waals surface area contributed by atoms with Crippen molar-refractivity contribution in [2.75, 3.05) is 19.6 Å². The van der Waals surface area contributed by atoms with Crippen molar-refractivity contribution in [1.29, 1.82) is 0 Å². The average Bonchev–Trinajstić information content (AvgIpc) is 2.66. The summed E-state index contributed by atoms with van der Waals surface area (Å²) in [6.07, 6.45) is 11.6. The molecule has 0 aromatic heterocycles. The highest BCUT2D eigenvalue weighted by Crippen LogP contribution is 2.40. The first-order valence-corrected chi connectivity index (χ1v) is 6.88. The fourth-order valence-electron chi connectivity index (χ4n) is 4.11. The van der Waals surface area contributed by atoms with Crippen molar-refractivity contribution >= 4 is 0 Å². The van der Waals surface area contributed by atoms with Gasteiger partial charge in [-0.05, 0) is 45.2 Å². The molecule has 0 aromatic carbocycles. The lowest BCUT2D eigenvalue weighted by molar-refractivity contribution is 0.0315. The highest BCUT2D eigenvalue weighted by molar-refractivity contribution is 5.01. The van der Waals surface area contributed by atoms with E-state index in [1.54, 1.807) is 0 Å². The van der Waals surface area contributed by atoms with Crippen LogP contribution < -0.4 is 5.32 Å². The Labute approximate surface area is 93.4 Å². The SMILES string of the molecule is C1CCN2C(C1)CCNCC21CCCC1. The van der Waals surface area contributed by atoms with Crippen LogP contribution in [0.3, 0.4) is 0 Å². The lowest BCUT2D eigenvalue weighted by atomic mass is 9.89. The average molecular weight is 208 g/mol. The third-order valence-corrected chi connectivity index (χ3v) is 4.88. The van der Waals surface area contributed by atoms with Gasteiger partial charge in [-0.3, -0.25) is 4.90 Å². The summed E-state index contributed by atoms with van der Waals surface area (Å²) in [5.41, 5.74) is 0.571. The normalized spacial score (nSPS) is 36.4. The fraction of sp³-hybridized carbons (Fsp3) is 1.00. The summed E-state index contributed by atoms with van der Waals surface area (Å²) in [4.78, 5) is 2.91. The van der Waals surface area contributed by atoms with E-state index in [1.807, 2.05) is 0 Å². The van der Waals surface area contributed by atoms with Gasteiger partial charge in [0.1, 0.15) is 0 Å². The largest absolute Gasteiger partial charge is 0.315 e. The van der Waals surface area contributed by atoms with E-state index < -0.39 is 0 Å². The summed E-state index contributed by atoms with van der Waals surface area (Å²) >= 11 is 0. The standard InChI is InChI=1S/C13H24N2/c1-4-10-15-12(5-1)6-9-14-11-13(15)7-2-3-8-13/h12,14H,1-11H2. The minimum Gasteiger partial charge on any atom is -0.315 e. The van der Waals surface area contributed by atoms with Crippen LogP contribution in [0.2, 0.25) is 0 Å². The predicted molar refractivity (Wildman–Crippen MR) is 63.0 cm³/mol. The Bertz CT molecular complexity index is 221. The highest BCUT2D eigenvalue weighted by Gasteiger charge is 2.44. The highest BCUT2D eigenvalue weighted by atomic mass is 15.3. The van der Waals surface area contributed by atoms with Gasteiger partial charge in [-0.25, -0.2) is 0 Å². The van der Waals surface area contributed by atoms with E-state index in [1.165, 1.54) is 71.0 Å². The molecule has 1 N–H and O–H groups in total. The van der Waals surface area contributed by atoms with Crippen molar-refractivity contribution in [2.45, 2.75) is 62.9 Å². The number of nitrogens with zero attached hydrogens (tertiary/aromatic N) is 1. The molecule has 2 heterocycles. The number of piperidine rings is 1. The quantitative estimate of drug-likeness (QED) is 0.656. The second-order valence-corrected chi connectivity index (χ2v) is 5.74. The third kappa shape index (κ3) is 1.72. The molecule has 0 bridgehead atoms. The topological polar surface area (TPSA) is 15.3 Å². The van der Waals surface area contributed by atoms with E-state index in [2.05, 4.69) is 10.2 Å². The minimum absolute atomic E-state index is 0.571. The number of nitrogens with one attached hydrogen (secondary N) is 1. The van der Waals surface area contributed by atoms with Gasteiger partial charge < -0.3 is 5.32 Å². The van der Waals surface area contributed by atoms with Crippen molar-refractivity contribution in [1.82, 2.24) is 10.2 Å². The molecule has 2 saturated heterocycles. The smallest absolute Gasteiger partial charge is 0.0336 e. The maximum Gasteiger partial charge on any atom is 0.0336 e. The zero-order valence-electron chi connectivity index (χ0n) is 9.80. The minimum atomic E-state index is 0.571. The molecule has 2 heteroatoms. The molecule has 2 aliphatic heterocycles. The van der Waals surface area contributed by atoms with Crippen LogP contribution in [0, 0.1) is 0 Å². The Balaban J connectivity index is 1.84. The molecule has 86 valence electrons. The molecular weight excluding hydrogens is 184 g/mol. The molecule has 3 aliphatic rings. The summed E-state index contributed by atoms with van der Waals surface area (Å²) in [5.74, 6) is 0. The van der Waals surface area contributed by atoms with E-state index in [4.69, 9.17) is 0 Å². The maximum absolute atomic E-state index is 3.69. The van der Waals surface area contributed by atoms with Gasteiger partial charge in [0.2, 0.25) is 0 Å². The summed E-state index contributed by atoms with van der Waals surface area (Å²) in [5, 5.41) is 3.69. The molecule has 1 spiro atoms. The van der Waals surface area contributed by atoms with Crippen LogP contribution in [0.4, 0.5) is 0 Å². The monoisotopic (exact) mass is 208 g/mol. The lowest BCUT2D eigenvalue weighted by Gasteiger charge is -2.46. The number of hydrogen-bond donors (Lipinski definition) is 1. The first-order valence-electron chi connectivity index (χ1n) is 6.88. The Morgan fingerprint density at radius 3 is 2.73 bits per heavy atom. The van der Waals surface area contributed by atoms with E-state index in [0.29, 0.717) is 5.54 Å². The zero-order valence-corrected chi connectivity index (χ0v) is 9.80. The van der Waals surface area contributed by atoms with Crippen LogP contribution >= 0.6 is 0 Å². The maximum atomic E-state index is 3.69. The summed E-state index contributed by atoms with van der Waals surface area (Å²) < 4.78 is 0. The van der Waals surface area contributed by atoms with Gasteiger partial charge in [-0.15, -0.1) is 0 Å². The fourth-order valence-corrected chi connectivity index (χ4v) is 4.11. The van der Waals surface area contributed by atoms with Gasteiger partial charge in [0, 0.05) is 18.1 Å². The Kier molecular flexibility index (Phi) is 2.73. The predicted octanol–water partition coefficient (Wildman–Crippen LogP) is 2.15. The number of fused-ring (bicyclic) bond motifs is 2. The molecule has 3 rings (SSSR count). The molecule has 2 nitrogen and oxygen atoms in total. The van der Waals surface area contributed by atoms with Gasteiger partial charge in [-0.2, -0.15) is 0 Å². The summed E-state index contributed by atoms with van der Waals surface area (Å²) in [7, 11) is 0. The molecule has 0 radical (unpaired) electrons. The molecule has 15 heavy (non-hydrogen) atoms. The van der Waals surface area contributed by atoms with Gasteiger partial charge in [0.25, 0.3) is 0 Å². The second-order valence-electron chi connectivity index (χ2n) is 5.74. The first kappa shape index (κ1) is 10.1. The van der Waals surface area contributed by atoms with Crippen LogP contribution in [0.15, 0.2) is 0 Å². The van der Waals surface area contributed by atoms with E-state index >= 15 is 0 Å². The van der Waals surface area contributed by atoms with Crippen molar-refractivity contribution in [3.63, 3.8) is 0 Å². The van der Waals surface area contributed by atoms with Crippen LogP contribution in [-0.4, -0.2) is 36.1 Å². The molecule has 3 fully saturated rings. The molecule has 0 aromatic rings. The van der Waals surface area contributed by atoms with E-state index in [9.17, 15) is 0 Å². The number of rotatable bonds is 0. The van der Waals surface area contributed by atoms with Crippen molar-refractivity contribution in [3.8, 4) is 0 Å². The van der Waals surface area contributed by atoms with Gasteiger partial charge >= 0.3 is 0 Å². The van der Waals surface area contributed by atoms with Gasteiger partial charge in [0.05, 0.1) is 0 Å². The summed E-state index contributed by atoms with van der Waals surface area (Å²) in [6.45, 7) is 3.90. The van der Waals surface area contributed by atoms with Crippen molar-refractivity contribution in [2.24, 2.45) is 0 Å². The van der Waals surface area contributed by atoms with Crippen molar-refractivity contribution in [3.05, 3.63) is 0 Å². The lowest BCUT2D eigenvalue weighted by Crippen LogP contribution is -2.56. The molecule has 1 saturated carbocycles. The molecule has 0 amide bonds. The molecule has 1 unspecified atom stereocenters. The number of hydrogen-bond acceptors (Lipinski definition) is 2. The van der Waals surface area contributed by atoms with Crippen LogP contribution in [-0.2, 0) is 0 Å². The summed E-state index contributed by atoms with van der Waals surface area (Å²) in [6, 6.07) is 0.909. The van der Waals surface area contributed by atoms with Crippen LogP contribution in [0.1, 0.15) is 51.4 Å². The Hall–Kier alpha value is -0.0800. The zero-order chi connectivity index (χ0) is 10.1.